The molecule has 25 heavy (non-hydrogen) atoms. The summed E-state index contributed by atoms with van der Waals surface area (Å²) in [6, 6.07) is 5.82. The summed E-state index contributed by atoms with van der Waals surface area (Å²) in [6.07, 6.45) is 2.23. The summed E-state index contributed by atoms with van der Waals surface area (Å²) >= 11 is 0. The molecule has 1 aliphatic carbocycles. The van der Waals surface area contributed by atoms with E-state index in [9.17, 15) is 18.0 Å². The van der Waals surface area contributed by atoms with Crippen molar-refractivity contribution in [3.05, 3.63) is 24.3 Å². The van der Waals surface area contributed by atoms with Gasteiger partial charge in [0.1, 0.15) is 0 Å². The fourth-order valence-corrected chi connectivity index (χ4v) is 3.68. The van der Waals surface area contributed by atoms with Crippen LogP contribution in [-0.2, 0) is 19.6 Å². The van der Waals surface area contributed by atoms with E-state index < -0.39 is 15.9 Å². The SMILES string of the molecule is NCC(NC(=O)C1CC(=O)N(c2cccc(S(N)(=O)=O)c2)C1)C1CC1. The van der Waals surface area contributed by atoms with Crippen molar-refractivity contribution in [1.29, 1.82) is 0 Å². The zero-order valence-electron chi connectivity index (χ0n) is 13.7. The molecular formula is C16H22N4O4S. The van der Waals surface area contributed by atoms with E-state index >= 15 is 0 Å². The molecule has 8 nitrogen and oxygen atoms in total. The second-order valence-corrected chi connectivity index (χ2v) is 8.20. The van der Waals surface area contributed by atoms with Crippen molar-refractivity contribution in [3.8, 4) is 0 Å². The molecule has 2 unspecified atom stereocenters. The van der Waals surface area contributed by atoms with Crippen LogP contribution >= 0.6 is 0 Å². The monoisotopic (exact) mass is 366 g/mol. The summed E-state index contributed by atoms with van der Waals surface area (Å²) in [5, 5.41) is 8.07. The smallest absolute Gasteiger partial charge is 0.238 e. The van der Waals surface area contributed by atoms with Gasteiger partial charge in [-0.1, -0.05) is 6.07 Å². The van der Waals surface area contributed by atoms with Crippen LogP contribution in [0.4, 0.5) is 5.69 Å². The summed E-state index contributed by atoms with van der Waals surface area (Å²) in [7, 11) is -3.86. The molecule has 0 aromatic heterocycles. The lowest BCUT2D eigenvalue weighted by Crippen LogP contribution is -2.45. The molecule has 0 radical (unpaired) electrons. The van der Waals surface area contributed by atoms with Gasteiger partial charge in [0.25, 0.3) is 0 Å². The fraction of sp³-hybridized carbons (Fsp3) is 0.500. The molecule has 2 atom stereocenters. The Kier molecular flexibility index (Phi) is 4.81. The summed E-state index contributed by atoms with van der Waals surface area (Å²) < 4.78 is 23.0. The highest BCUT2D eigenvalue weighted by molar-refractivity contribution is 7.89. The Morgan fingerprint density at radius 2 is 2.08 bits per heavy atom. The predicted octanol–water partition coefficient (Wildman–Crippen LogP) is -0.460. The van der Waals surface area contributed by atoms with Crippen LogP contribution < -0.4 is 21.1 Å². The van der Waals surface area contributed by atoms with Crippen LogP contribution in [0.3, 0.4) is 0 Å². The first-order valence-corrected chi connectivity index (χ1v) is 9.78. The molecule has 2 amide bonds. The normalized spacial score (nSPS) is 22.1. The summed E-state index contributed by atoms with van der Waals surface area (Å²) in [5.41, 5.74) is 6.12. The van der Waals surface area contributed by atoms with E-state index in [1.807, 2.05) is 0 Å². The van der Waals surface area contributed by atoms with Crippen molar-refractivity contribution in [2.75, 3.05) is 18.0 Å². The molecule has 9 heteroatoms. The van der Waals surface area contributed by atoms with Crippen LogP contribution in [0.15, 0.2) is 29.2 Å². The van der Waals surface area contributed by atoms with E-state index in [1.165, 1.54) is 23.1 Å². The molecule has 2 fully saturated rings. The van der Waals surface area contributed by atoms with Crippen molar-refractivity contribution in [3.63, 3.8) is 0 Å². The Balaban J connectivity index is 1.71. The first-order valence-electron chi connectivity index (χ1n) is 8.23. The van der Waals surface area contributed by atoms with Gasteiger partial charge < -0.3 is 16.0 Å². The lowest BCUT2D eigenvalue weighted by molar-refractivity contribution is -0.127. The highest BCUT2D eigenvalue weighted by Crippen LogP contribution is 2.33. The van der Waals surface area contributed by atoms with E-state index in [1.54, 1.807) is 6.07 Å². The molecule has 0 spiro atoms. The summed E-state index contributed by atoms with van der Waals surface area (Å²) in [4.78, 5) is 26.1. The Hall–Kier alpha value is -1.97. The van der Waals surface area contributed by atoms with Gasteiger partial charge in [0, 0.05) is 31.2 Å². The summed E-state index contributed by atoms with van der Waals surface area (Å²) in [6.45, 7) is 0.595. The van der Waals surface area contributed by atoms with Crippen LogP contribution in [0.2, 0.25) is 0 Å². The predicted molar refractivity (Wildman–Crippen MR) is 92.0 cm³/mol. The summed E-state index contributed by atoms with van der Waals surface area (Å²) in [5.74, 6) is -0.435. The molecule has 1 saturated heterocycles. The minimum atomic E-state index is -3.86. The second-order valence-electron chi connectivity index (χ2n) is 6.64. The van der Waals surface area contributed by atoms with Crippen molar-refractivity contribution in [2.45, 2.75) is 30.2 Å². The number of nitrogens with one attached hydrogen (secondary N) is 1. The highest BCUT2D eigenvalue weighted by Gasteiger charge is 2.38. The van der Waals surface area contributed by atoms with Gasteiger partial charge in [-0.15, -0.1) is 0 Å². The van der Waals surface area contributed by atoms with Crippen LogP contribution in [0.1, 0.15) is 19.3 Å². The van der Waals surface area contributed by atoms with Gasteiger partial charge in [-0.3, -0.25) is 9.59 Å². The van der Waals surface area contributed by atoms with Crippen LogP contribution in [-0.4, -0.2) is 39.4 Å². The molecule has 5 N–H and O–H groups in total. The molecule has 0 bridgehead atoms. The van der Waals surface area contributed by atoms with Crippen molar-refractivity contribution in [2.24, 2.45) is 22.7 Å². The Bertz CT molecular complexity index is 791. The number of carbonyl (C=O) groups excluding carboxylic acids is 2. The zero-order chi connectivity index (χ0) is 18.2. The molecule has 136 valence electrons. The van der Waals surface area contributed by atoms with E-state index in [2.05, 4.69) is 5.32 Å². The van der Waals surface area contributed by atoms with Gasteiger partial charge in [0.2, 0.25) is 21.8 Å². The number of carbonyl (C=O) groups is 2. The Morgan fingerprint density at radius 1 is 1.36 bits per heavy atom. The van der Waals surface area contributed by atoms with E-state index in [0.717, 1.165) is 12.8 Å². The van der Waals surface area contributed by atoms with Gasteiger partial charge in [-0.2, -0.15) is 0 Å². The Morgan fingerprint density at radius 3 is 2.68 bits per heavy atom. The molecule has 1 aliphatic heterocycles. The number of hydrogen-bond donors (Lipinski definition) is 3. The standard InChI is InChI=1S/C16H22N4O4S/c17-8-14(10-4-5-10)19-16(22)11-6-15(21)20(9-11)12-2-1-3-13(7-12)25(18,23)24/h1-3,7,10-11,14H,4-6,8-9,17H2,(H,19,22)(H2,18,23,24). The zero-order valence-corrected chi connectivity index (χ0v) is 14.5. The maximum absolute atomic E-state index is 12.4. The number of sulfonamides is 1. The number of nitrogens with zero attached hydrogens (tertiary/aromatic N) is 1. The quantitative estimate of drug-likeness (QED) is 0.626. The van der Waals surface area contributed by atoms with Gasteiger partial charge in [0.15, 0.2) is 0 Å². The maximum atomic E-state index is 12.4. The lowest BCUT2D eigenvalue weighted by Gasteiger charge is -2.20. The van der Waals surface area contributed by atoms with E-state index in [0.29, 0.717) is 18.2 Å². The van der Waals surface area contributed by atoms with Crippen LogP contribution in [0, 0.1) is 11.8 Å². The third kappa shape index (κ3) is 4.00. The van der Waals surface area contributed by atoms with Gasteiger partial charge >= 0.3 is 0 Å². The minimum Gasteiger partial charge on any atom is -0.352 e. The number of primary sulfonamides is 1. The van der Waals surface area contributed by atoms with Crippen molar-refractivity contribution < 1.29 is 18.0 Å². The number of rotatable bonds is 6. The van der Waals surface area contributed by atoms with Gasteiger partial charge in [-0.05, 0) is 37.0 Å². The molecule has 1 aromatic rings. The fourth-order valence-electron chi connectivity index (χ4n) is 3.13. The van der Waals surface area contributed by atoms with E-state index in [-0.39, 0.29) is 35.7 Å². The molecule has 1 aromatic carbocycles. The highest BCUT2D eigenvalue weighted by atomic mass is 32.2. The maximum Gasteiger partial charge on any atom is 0.238 e. The average molecular weight is 366 g/mol. The third-order valence-electron chi connectivity index (χ3n) is 4.73. The second kappa shape index (κ2) is 6.74. The van der Waals surface area contributed by atoms with Crippen LogP contribution in [0.25, 0.3) is 0 Å². The molecular weight excluding hydrogens is 344 g/mol. The molecule has 2 aliphatic rings. The lowest BCUT2D eigenvalue weighted by atomic mass is 10.1. The van der Waals surface area contributed by atoms with Crippen molar-refractivity contribution >= 4 is 27.5 Å². The van der Waals surface area contributed by atoms with Gasteiger partial charge in [-0.25, -0.2) is 13.6 Å². The number of hydrogen-bond acceptors (Lipinski definition) is 5. The average Bonchev–Trinajstić information content (AvgIpc) is 3.33. The molecule has 3 rings (SSSR count). The van der Waals surface area contributed by atoms with Crippen molar-refractivity contribution in [1.82, 2.24) is 5.32 Å². The first kappa shape index (κ1) is 17.8. The molecule has 1 saturated carbocycles. The Labute approximate surface area is 146 Å². The largest absolute Gasteiger partial charge is 0.352 e. The number of benzene rings is 1. The number of anilines is 1. The number of amides is 2. The number of nitrogens with two attached hydrogens (primary N) is 2. The minimum absolute atomic E-state index is 0.0395. The molecule has 1 heterocycles. The van der Waals surface area contributed by atoms with E-state index in [4.69, 9.17) is 10.9 Å². The third-order valence-corrected chi connectivity index (χ3v) is 5.64. The van der Waals surface area contributed by atoms with Crippen LogP contribution in [0.5, 0.6) is 0 Å². The topological polar surface area (TPSA) is 136 Å². The van der Waals surface area contributed by atoms with Gasteiger partial charge in [0.05, 0.1) is 10.8 Å². The first-order chi connectivity index (χ1) is 11.8.